The van der Waals surface area contributed by atoms with Gasteiger partial charge in [0.15, 0.2) is 0 Å². The first-order valence-electron chi connectivity index (χ1n) is 8.91. The van der Waals surface area contributed by atoms with Crippen molar-refractivity contribution in [3.63, 3.8) is 0 Å². The molecule has 0 unspecified atom stereocenters. The fourth-order valence-corrected chi connectivity index (χ4v) is 3.40. The quantitative estimate of drug-likeness (QED) is 0.777. The second kappa shape index (κ2) is 7.70. The van der Waals surface area contributed by atoms with E-state index in [2.05, 4.69) is 26.6 Å². The lowest BCUT2D eigenvalue weighted by atomic mass is 10.1. The van der Waals surface area contributed by atoms with Gasteiger partial charge in [0.1, 0.15) is 0 Å². The van der Waals surface area contributed by atoms with Crippen molar-refractivity contribution in [2.24, 2.45) is 5.92 Å². The fourth-order valence-electron chi connectivity index (χ4n) is 3.40. The number of pyridine rings is 1. The number of amides is 2. The molecule has 0 spiro atoms. The van der Waals surface area contributed by atoms with E-state index in [4.69, 9.17) is 0 Å². The number of aromatic amines is 1. The highest BCUT2D eigenvalue weighted by molar-refractivity contribution is 5.79. The number of aromatic nitrogens is 1. The first-order chi connectivity index (χ1) is 12.0. The number of likely N-dealkylation sites (tertiary alicyclic amines) is 1. The average Bonchev–Trinajstić information content (AvgIpc) is 3.02. The molecule has 1 atom stereocenters. The number of carbonyl (C=O) groups is 1. The summed E-state index contributed by atoms with van der Waals surface area (Å²) in [5, 5.41) is 6.71. The predicted molar refractivity (Wildman–Crippen MR) is 99.8 cm³/mol. The van der Waals surface area contributed by atoms with Gasteiger partial charge < -0.3 is 15.6 Å². The van der Waals surface area contributed by atoms with Gasteiger partial charge in [0.2, 0.25) is 0 Å². The van der Waals surface area contributed by atoms with E-state index in [1.807, 2.05) is 32.0 Å². The van der Waals surface area contributed by atoms with Gasteiger partial charge in [-0.15, -0.1) is 0 Å². The Morgan fingerprint density at radius 1 is 1.32 bits per heavy atom. The maximum atomic E-state index is 12.4. The van der Waals surface area contributed by atoms with Crippen LogP contribution < -0.4 is 16.2 Å². The van der Waals surface area contributed by atoms with Gasteiger partial charge in [0.25, 0.3) is 5.56 Å². The van der Waals surface area contributed by atoms with Gasteiger partial charge in [-0.2, -0.15) is 0 Å². The summed E-state index contributed by atoms with van der Waals surface area (Å²) in [5.74, 6) is 0.435. The minimum absolute atomic E-state index is 0.0120. The molecule has 1 aromatic carbocycles. The summed E-state index contributed by atoms with van der Waals surface area (Å²) >= 11 is 0. The molecule has 3 N–H and O–H groups in total. The van der Waals surface area contributed by atoms with E-state index in [0.29, 0.717) is 25.6 Å². The summed E-state index contributed by atoms with van der Waals surface area (Å²) in [7, 11) is 0. The second-order valence-electron chi connectivity index (χ2n) is 6.84. The van der Waals surface area contributed by atoms with E-state index in [-0.39, 0.29) is 11.6 Å². The molecule has 6 heteroatoms. The summed E-state index contributed by atoms with van der Waals surface area (Å²) in [5.41, 5.74) is 2.81. The fraction of sp³-hybridized carbons (Fsp3) is 0.474. The largest absolute Gasteiger partial charge is 0.338 e. The monoisotopic (exact) mass is 342 g/mol. The van der Waals surface area contributed by atoms with E-state index >= 15 is 0 Å². The first kappa shape index (κ1) is 17.5. The zero-order chi connectivity index (χ0) is 17.8. The summed E-state index contributed by atoms with van der Waals surface area (Å²) in [6.07, 6.45) is 1.04. The number of fused-ring (bicyclic) bond motifs is 1. The van der Waals surface area contributed by atoms with Crippen LogP contribution >= 0.6 is 0 Å². The van der Waals surface area contributed by atoms with Crippen LogP contribution in [0.15, 0.2) is 29.1 Å². The van der Waals surface area contributed by atoms with Crippen LogP contribution in [0.3, 0.4) is 0 Å². The molecule has 134 valence electrons. The lowest BCUT2D eigenvalue weighted by Crippen LogP contribution is -2.38. The van der Waals surface area contributed by atoms with Gasteiger partial charge in [0, 0.05) is 37.3 Å². The summed E-state index contributed by atoms with van der Waals surface area (Å²) in [6.45, 7) is 7.73. The standard InChI is InChI=1S/C19H26N4O2/c1-3-20-19(25)21-10-14-6-7-23(11-14)12-16-9-15-5-4-13(2)8-17(15)22-18(16)24/h4-5,8-9,14H,3,6-7,10-12H2,1-2H3,(H,22,24)(H2,20,21,25)/t14-/m0/s1. The van der Waals surface area contributed by atoms with E-state index in [0.717, 1.165) is 41.5 Å². The molecule has 25 heavy (non-hydrogen) atoms. The molecule has 2 heterocycles. The highest BCUT2D eigenvalue weighted by Crippen LogP contribution is 2.19. The Kier molecular flexibility index (Phi) is 5.38. The molecule has 2 amide bonds. The normalized spacial score (nSPS) is 17.8. The third-order valence-electron chi connectivity index (χ3n) is 4.73. The Morgan fingerprint density at radius 2 is 2.16 bits per heavy atom. The SMILES string of the molecule is CCNC(=O)NC[C@@H]1CCN(Cc2cc3ccc(C)cc3[nH]c2=O)C1. The molecule has 1 aliphatic heterocycles. The van der Waals surface area contributed by atoms with Crippen LogP contribution in [0.5, 0.6) is 0 Å². The van der Waals surface area contributed by atoms with Crippen LogP contribution in [0.1, 0.15) is 24.5 Å². The van der Waals surface area contributed by atoms with E-state index in [1.165, 1.54) is 0 Å². The van der Waals surface area contributed by atoms with Gasteiger partial charge in [-0.25, -0.2) is 4.79 Å². The molecule has 1 saturated heterocycles. The second-order valence-corrected chi connectivity index (χ2v) is 6.84. The van der Waals surface area contributed by atoms with Crippen molar-refractivity contribution in [1.29, 1.82) is 0 Å². The molecule has 0 bridgehead atoms. The van der Waals surface area contributed by atoms with E-state index in [9.17, 15) is 9.59 Å². The number of carbonyl (C=O) groups excluding carboxylic acids is 1. The Hall–Kier alpha value is -2.34. The number of H-pyrrole nitrogens is 1. The zero-order valence-electron chi connectivity index (χ0n) is 14.9. The molecule has 1 aromatic heterocycles. The highest BCUT2D eigenvalue weighted by atomic mass is 16.2. The van der Waals surface area contributed by atoms with Crippen molar-refractivity contribution in [2.75, 3.05) is 26.2 Å². The Labute approximate surface area is 147 Å². The average molecular weight is 342 g/mol. The van der Waals surface area contributed by atoms with Crippen molar-refractivity contribution >= 4 is 16.9 Å². The molecule has 1 fully saturated rings. The number of urea groups is 1. The number of benzene rings is 1. The van der Waals surface area contributed by atoms with Crippen LogP contribution in [-0.2, 0) is 6.54 Å². The Bertz CT molecular complexity index is 815. The van der Waals surface area contributed by atoms with Gasteiger partial charge in [-0.05, 0) is 55.8 Å². The molecular formula is C19H26N4O2. The third-order valence-corrected chi connectivity index (χ3v) is 4.73. The van der Waals surface area contributed by atoms with Crippen molar-refractivity contribution in [1.82, 2.24) is 20.5 Å². The zero-order valence-corrected chi connectivity index (χ0v) is 14.9. The number of hydrogen-bond donors (Lipinski definition) is 3. The third kappa shape index (κ3) is 4.39. The van der Waals surface area contributed by atoms with Crippen LogP contribution in [0.4, 0.5) is 4.79 Å². The maximum absolute atomic E-state index is 12.4. The number of nitrogens with zero attached hydrogens (tertiary/aromatic N) is 1. The van der Waals surface area contributed by atoms with Crippen LogP contribution in [0, 0.1) is 12.8 Å². The van der Waals surface area contributed by atoms with Crippen LogP contribution in [0.25, 0.3) is 10.9 Å². The lowest BCUT2D eigenvalue weighted by molar-refractivity contribution is 0.239. The topological polar surface area (TPSA) is 77.2 Å². The van der Waals surface area contributed by atoms with E-state index < -0.39 is 0 Å². The van der Waals surface area contributed by atoms with Crippen molar-refractivity contribution < 1.29 is 4.79 Å². The summed E-state index contributed by atoms with van der Waals surface area (Å²) in [6, 6.07) is 7.99. The number of nitrogens with one attached hydrogen (secondary N) is 3. The maximum Gasteiger partial charge on any atom is 0.314 e. The molecule has 0 saturated carbocycles. The van der Waals surface area contributed by atoms with Crippen molar-refractivity contribution in [3.8, 4) is 0 Å². The smallest absolute Gasteiger partial charge is 0.314 e. The van der Waals surface area contributed by atoms with Gasteiger partial charge in [0.05, 0.1) is 0 Å². The van der Waals surface area contributed by atoms with Crippen LogP contribution in [-0.4, -0.2) is 42.1 Å². The highest BCUT2D eigenvalue weighted by Gasteiger charge is 2.23. The Balaban J connectivity index is 1.61. The molecule has 6 nitrogen and oxygen atoms in total. The molecule has 0 aliphatic carbocycles. The molecular weight excluding hydrogens is 316 g/mol. The molecule has 2 aromatic rings. The van der Waals surface area contributed by atoms with Gasteiger partial charge in [-0.3, -0.25) is 9.69 Å². The summed E-state index contributed by atoms with van der Waals surface area (Å²) < 4.78 is 0. The van der Waals surface area contributed by atoms with Crippen LogP contribution in [0.2, 0.25) is 0 Å². The summed E-state index contributed by atoms with van der Waals surface area (Å²) in [4.78, 5) is 29.1. The Morgan fingerprint density at radius 3 is 2.96 bits per heavy atom. The molecule has 1 aliphatic rings. The molecule has 0 radical (unpaired) electrons. The van der Waals surface area contributed by atoms with Crippen molar-refractivity contribution in [2.45, 2.75) is 26.8 Å². The molecule has 3 rings (SSSR count). The number of rotatable bonds is 5. The number of aryl methyl sites for hydroxylation is 1. The minimum atomic E-state index is -0.109. The number of hydrogen-bond acceptors (Lipinski definition) is 3. The first-order valence-corrected chi connectivity index (χ1v) is 8.91. The van der Waals surface area contributed by atoms with Gasteiger partial charge in [-0.1, -0.05) is 12.1 Å². The van der Waals surface area contributed by atoms with Crippen molar-refractivity contribution in [3.05, 3.63) is 45.7 Å². The predicted octanol–water partition coefficient (Wildman–Crippen LogP) is 1.98. The van der Waals surface area contributed by atoms with Gasteiger partial charge >= 0.3 is 6.03 Å². The van der Waals surface area contributed by atoms with E-state index in [1.54, 1.807) is 0 Å². The minimum Gasteiger partial charge on any atom is -0.338 e. The lowest BCUT2D eigenvalue weighted by Gasteiger charge is -2.16.